The number of aromatic nitrogens is 2. The maximum absolute atomic E-state index is 11.3. The van der Waals surface area contributed by atoms with Crippen LogP contribution in [0, 0.1) is 0 Å². The van der Waals surface area contributed by atoms with Gasteiger partial charge in [0.1, 0.15) is 18.1 Å². The highest BCUT2D eigenvalue weighted by atomic mass is 16.5. The highest BCUT2D eigenvalue weighted by molar-refractivity contribution is 5.93. The van der Waals surface area contributed by atoms with E-state index >= 15 is 0 Å². The van der Waals surface area contributed by atoms with Gasteiger partial charge < -0.3 is 19.7 Å². The molecule has 2 heterocycles. The van der Waals surface area contributed by atoms with E-state index in [1.165, 1.54) is 10.5 Å². The van der Waals surface area contributed by atoms with Crippen LogP contribution in [0.25, 0.3) is 5.52 Å². The number of hydrogen-bond acceptors (Lipinski definition) is 5. The summed E-state index contributed by atoms with van der Waals surface area (Å²) in [4.78, 5) is 15.3. The van der Waals surface area contributed by atoms with Gasteiger partial charge in [-0.3, -0.25) is 4.40 Å². The van der Waals surface area contributed by atoms with Crippen LogP contribution in [0.2, 0.25) is 0 Å². The highest BCUT2D eigenvalue weighted by Gasteiger charge is 2.18. The van der Waals surface area contributed by atoms with E-state index in [1.807, 2.05) is 0 Å². The van der Waals surface area contributed by atoms with E-state index in [2.05, 4.69) is 4.98 Å². The molecule has 0 saturated carbocycles. The average molecular weight is 314 g/mol. The first kappa shape index (κ1) is 14.7. The molecule has 0 aliphatic rings. The maximum atomic E-state index is 11.3. The van der Waals surface area contributed by atoms with Crippen molar-refractivity contribution in [1.82, 2.24) is 9.38 Å². The molecule has 0 amide bonds. The molecular formula is C16H14N2O5. The maximum Gasteiger partial charge on any atom is 0.356 e. The third-order valence-electron chi connectivity index (χ3n) is 3.34. The van der Waals surface area contributed by atoms with Crippen molar-refractivity contribution in [3.63, 3.8) is 0 Å². The molecule has 0 aliphatic carbocycles. The number of nitrogens with zero attached hydrogens (tertiary/aromatic N) is 2. The van der Waals surface area contributed by atoms with Crippen LogP contribution in [-0.2, 0) is 6.61 Å². The van der Waals surface area contributed by atoms with Gasteiger partial charge in [0.2, 0.25) is 0 Å². The van der Waals surface area contributed by atoms with Gasteiger partial charge in [-0.2, -0.15) is 0 Å². The Balaban J connectivity index is 1.91. The lowest BCUT2D eigenvalue weighted by Crippen LogP contribution is -2.02. The highest BCUT2D eigenvalue weighted by Crippen LogP contribution is 2.22. The van der Waals surface area contributed by atoms with Crippen molar-refractivity contribution in [1.29, 1.82) is 0 Å². The van der Waals surface area contributed by atoms with E-state index in [0.717, 1.165) is 0 Å². The van der Waals surface area contributed by atoms with Crippen LogP contribution in [0.5, 0.6) is 17.4 Å². The molecule has 0 bridgehead atoms. The lowest BCUT2D eigenvalue weighted by Gasteiger charge is -2.07. The lowest BCUT2D eigenvalue weighted by molar-refractivity contribution is 0.0693. The Morgan fingerprint density at radius 1 is 1.17 bits per heavy atom. The number of rotatable bonds is 5. The zero-order chi connectivity index (χ0) is 16.4. The zero-order valence-corrected chi connectivity index (χ0v) is 12.3. The molecular weight excluding hydrogens is 300 g/mol. The topological polar surface area (TPSA) is 93.3 Å². The smallest absolute Gasteiger partial charge is 0.356 e. The summed E-state index contributed by atoms with van der Waals surface area (Å²) in [5.41, 5.74) is 0.181. The van der Waals surface area contributed by atoms with Crippen molar-refractivity contribution in [3.05, 3.63) is 54.0 Å². The van der Waals surface area contributed by atoms with Crippen molar-refractivity contribution in [2.24, 2.45) is 0 Å². The number of benzene rings is 1. The van der Waals surface area contributed by atoms with Crippen LogP contribution in [0.4, 0.5) is 0 Å². The number of methoxy groups -OCH3 is 1. The summed E-state index contributed by atoms with van der Waals surface area (Å²) in [7, 11) is 1.57. The number of aromatic carboxylic acids is 1. The third kappa shape index (κ3) is 2.76. The minimum atomic E-state index is -1.16. The molecule has 0 unspecified atom stereocenters. The first-order valence-electron chi connectivity index (χ1n) is 6.79. The van der Waals surface area contributed by atoms with E-state index in [1.54, 1.807) is 43.5 Å². The molecule has 118 valence electrons. The molecule has 1 aromatic carbocycles. The molecule has 0 radical (unpaired) electrons. The van der Waals surface area contributed by atoms with Crippen LogP contribution in [0.1, 0.15) is 16.3 Å². The normalized spacial score (nSPS) is 10.7. The summed E-state index contributed by atoms with van der Waals surface area (Å²) >= 11 is 0. The van der Waals surface area contributed by atoms with E-state index in [4.69, 9.17) is 9.47 Å². The van der Waals surface area contributed by atoms with E-state index in [-0.39, 0.29) is 18.2 Å². The van der Waals surface area contributed by atoms with Gasteiger partial charge in [0, 0.05) is 0 Å². The molecule has 7 nitrogen and oxygen atoms in total. The average Bonchev–Trinajstić information content (AvgIpc) is 2.94. The predicted molar refractivity (Wildman–Crippen MR) is 81.1 cm³/mol. The SMILES string of the molecule is COc1ccc(OCc2nc(C(=O)O)c3cccc(O)n23)cc1. The second kappa shape index (κ2) is 5.88. The summed E-state index contributed by atoms with van der Waals surface area (Å²) in [6.07, 6.45) is 0. The standard InChI is InChI=1S/C16H14N2O5/c1-22-10-5-7-11(8-6-10)23-9-13-17-15(16(20)21)12-3-2-4-14(19)18(12)13/h2-8,19H,9H2,1H3,(H,20,21). The van der Waals surface area contributed by atoms with Gasteiger partial charge in [-0.1, -0.05) is 6.07 Å². The first-order valence-corrected chi connectivity index (χ1v) is 6.79. The fourth-order valence-corrected chi connectivity index (χ4v) is 2.26. The summed E-state index contributed by atoms with van der Waals surface area (Å²) in [5, 5.41) is 19.2. The molecule has 2 N–H and O–H groups in total. The zero-order valence-electron chi connectivity index (χ0n) is 12.3. The van der Waals surface area contributed by atoms with Crippen LogP contribution in [-0.4, -0.2) is 32.7 Å². The molecule has 0 spiro atoms. The number of aromatic hydroxyl groups is 1. The predicted octanol–water partition coefficient (Wildman–Crippen LogP) is 2.33. The van der Waals surface area contributed by atoms with Gasteiger partial charge in [0.05, 0.1) is 12.6 Å². The largest absolute Gasteiger partial charge is 0.497 e. The van der Waals surface area contributed by atoms with E-state index < -0.39 is 5.97 Å². The number of carbonyl (C=O) groups is 1. The van der Waals surface area contributed by atoms with Gasteiger partial charge in [-0.05, 0) is 36.4 Å². The second-order valence-electron chi connectivity index (χ2n) is 4.75. The Labute approximate surface area is 131 Å². The number of hydrogen-bond donors (Lipinski definition) is 2. The van der Waals surface area contributed by atoms with Gasteiger partial charge in [0.15, 0.2) is 17.4 Å². The quantitative estimate of drug-likeness (QED) is 0.751. The number of ether oxygens (including phenoxy) is 2. The minimum absolute atomic E-state index is 0.0123. The van der Waals surface area contributed by atoms with Crippen LogP contribution < -0.4 is 9.47 Å². The Morgan fingerprint density at radius 3 is 2.52 bits per heavy atom. The van der Waals surface area contributed by atoms with Gasteiger partial charge in [0.25, 0.3) is 0 Å². The number of pyridine rings is 1. The molecule has 3 rings (SSSR count). The monoisotopic (exact) mass is 314 g/mol. The van der Waals surface area contributed by atoms with Crippen LogP contribution in [0.15, 0.2) is 42.5 Å². The van der Waals surface area contributed by atoms with E-state index in [0.29, 0.717) is 22.8 Å². The van der Waals surface area contributed by atoms with Crippen LogP contribution >= 0.6 is 0 Å². The van der Waals surface area contributed by atoms with E-state index in [9.17, 15) is 15.0 Å². The van der Waals surface area contributed by atoms with Crippen LogP contribution in [0.3, 0.4) is 0 Å². The summed E-state index contributed by atoms with van der Waals surface area (Å²) < 4.78 is 12.0. The molecule has 23 heavy (non-hydrogen) atoms. The van der Waals surface area contributed by atoms with Gasteiger partial charge in [-0.15, -0.1) is 0 Å². The molecule has 3 aromatic rings. The van der Waals surface area contributed by atoms with Crippen molar-refractivity contribution in [2.75, 3.05) is 7.11 Å². The summed E-state index contributed by atoms with van der Waals surface area (Å²) in [6, 6.07) is 11.6. The Kier molecular flexibility index (Phi) is 3.76. The van der Waals surface area contributed by atoms with Gasteiger partial charge in [-0.25, -0.2) is 9.78 Å². The molecule has 0 aliphatic heterocycles. The number of carboxylic acids is 1. The first-order chi connectivity index (χ1) is 11.1. The summed E-state index contributed by atoms with van der Waals surface area (Å²) in [5.74, 6) is 0.315. The second-order valence-corrected chi connectivity index (χ2v) is 4.75. The fourth-order valence-electron chi connectivity index (χ4n) is 2.26. The lowest BCUT2D eigenvalue weighted by atomic mass is 10.3. The molecule has 0 saturated heterocycles. The molecule has 0 fully saturated rings. The van der Waals surface area contributed by atoms with Gasteiger partial charge >= 0.3 is 5.97 Å². The van der Waals surface area contributed by atoms with Crippen molar-refractivity contribution in [3.8, 4) is 17.4 Å². The van der Waals surface area contributed by atoms with Crippen molar-refractivity contribution < 1.29 is 24.5 Å². The number of imidazole rings is 1. The summed E-state index contributed by atoms with van der Waals surface area (Å²) in [6.45, 7) is 0.0123. The minimum Gasteiger partial charge on any atom is -0.497 e. The number of carboxylic acid groups (broad SMARTS) is 1. The molecule has 0 atom stereocenters. The Hall–Kier alpha value is -3.22. The van der Waals surface area contributed by atoms with Crippen molar-refractivity contribution >= 4 is 11.5 Å². The third-order valence-corrected chi connectivity index (χ3v) is 3.34. The Morgan fingerprint density at radius 2 is 1.87 bits per heavy atom. The molecule has 2 aromatic heterocycles. The number of fused-ring (bicyclic) bond motifs is 1. The molecule has 7 heteroatoms. The van der Waals surface area contributed by atoms with Crippen molar-refractivity contribution in [2.45, 2.75) is 6.61 Å². The Bertz CT molecular complexity index is 855. The fraction of sp³-hybridized carbons (Fsp3) is 0.125.